The molecule has 8 heteroatoms. The molecule has 1 aliphatic carbocycles. The van der Waals surface area contributed by atoms with Gasteiger partial charge in [0.2, 0.25) is 5.91 Å². The number of piperidine rings is 1. The van der Waals surface area contributed by atoms with Gasteiger partial charge in [-0.15, -0.1) is 11.3 Å². The summed E-state index contributed by atoms with van der Waals surface area (Å²) in [7, 11) is -3.42. The van der Waals surface area contributed by atoms with E-state index in [1.807, 2.05) is 0 Å². The number of amides is 1. The lowest BCUT2D eigenvalue weighted by atomic mass is 9.83. The zero-order valence-electron chi connectivity index (χ0n) is 13.6. The molecule has 6 nitrogen and oxygen atoms in total. The zero-order valence-corrected chi connectivity index (χ0v) is 15.2. The summed E-state index contributed by atoms with van der Waals surface area (Å²) in [4.78, 5) is 15.0. The molecule has 0 radical (unpaired) electrons. The molecule has 4 rings (SSSR count). The normalized spacial score (nSPS) is 25.8. The highest BCUT2D eigenvalue weighted by molar-refractivity contribution is 7.91. The molecule has 1 aromatic rings. The molecule has 0 atom stereocenters. The lowest BCUT2D eigenvalue weighted by molar-refractivity contribution is -0.140. The van der Waals surface area contributed by atoms with Crippen LogP contribution in [-0.2, 0) is 14.8 Å². The summed E-state index contributed by atoms with van der Waals surface area (Å²) >= 11 is 1.25. The first-order chi connectivity index (χ1) is 11.5. The molecule has 1 spiro atoms. The van der Waals surface area contributed by atoms with Crippen LogP contribution in [0.5, 0.6) is 0 Å². The van der Waals surface area contributed by atoms with E-state index in [0.29, 0.717) is 36.7 Å². The van der Waals surface area contributed by atoms with Crippen molar-refractivity contribution in [3.8, 4) is 0 Å². The Morgan fingerprint density at radius 3 is 2.62 bits per heavy atom. The van der Waals surface area contributed by atoms with Crippen LogP contribution >= 0.6 is 11.3 Å². The summed E-state index contributed by atoms with van der Waals surface area (Å²) in [5.41, 5.74) is -0.512. The number of nitrogens with one attached hydrogen (secondary N) is 1. The van der Waals surface area contributed by atoms with E-state index in [2.05, 4.69) is 10.2 Å². The number of sulfonamides is 1. The van der Waals surface area contributed by atoms with Gasteiger partial charge in [0.05, 0.1) is 0 Å². The smallest absolute Gasteiger partial charge is 0.252 e. The van der Waals surface area contributed by atoms with Gasteiger partial charge in [0, 0.05) is 32.7 Å². The topological polar surface area (TPSA) is 69.7 Å². The Labute approximate surface area is 146 Å². The number of piperazine rings is 1. The standard InChI is InChI=1S/C16H23N3O3S2/c20-15-16(18(10-7-17-15)12-13-3-4-13)5-8-19(9-6-16)24(21,22)14-2-1-11-23-14/h1-2,11,13H,3-10,12H2,(H,17,20). The van der Waals surface area contributed by atoms with Crippen molar-refractivity contribution in [3.63, 3.8) is 0 Å². The molecule has 24 heavy (non-hydrogen) atoms. The van der Waals surface area contributed by atoms with Crippen LogP contribution < -0.4 is 5.32 Å². The minimum Gasteiger partial charge on any atom is -0.353 e. The van der Waals surface area contributed by atoms with Gasteiger partial charge in [0.1, 0.15) is 9.75 Å². The lowest BCUT2D eigenvalue weighted by Crippen LogP contribution is -2.68. The third-order valence-electron chi connectivity index (χ3n) is 5.51. The number of carbonyl (C=O) groups is 1. The zero-order chi connectivity index (χ0) is 16.8. The summed E-state index contributed by atoms with van der Waals surface area (Å²) in [6.45, 7) is 3.37. The fourth-order valence-corrected chi connectivity index (χ4v) is 6.47. The fraction of sp³-hybridized carbons (Fsp3) is 0.688. The number of rotatable bonds is 4. The molecule has 1 amide bonds. The van der Waals surface area contributed by atoms with Gasteiger partial charge >= 0.3 is 0 Å². The Morgan fingerprint density at radius 1 is 1.25 bits per heavy atom. The molecule has 3 fully saturated rings. The average molecular weight is 370 g/mol. The first kappa shape index (κ1) is 16.5. The first-order valence-corrected chi connectivity index (χ1v) is 10.9. The number of hydrogen-bond acceptors (Lipinski definition) is 5. The summed E-state index contributed by atoms with van der Waals surface area (Å²) in [5, 5.41) is 4.78. The Kier molecular flexibility index (Phi) is 4.19. The number of hydrogen-bond donors (Lipinski definition) is 1. The number of nitrogens with zero attached hydrogens (tertiary/aromatic N) is 2. The summed E-state index contributed by atoms with van der Waals surface area (Å²) in [5.74, 6) is 0.809. The van der Waals surface area contributed by atoms with E-state index in [0.717, 1.165) is 19.0 Å². The van der Waals surface area contributed by atoms with Gasteiger partial charge in [-0.1, -0.05) is 6.07 Å². The molecule has 132 valence electrons. The van der Waals surface area contributed by atoms with E-state index in [4.69, 9.17) is 0 Å². The molecule has 0 aromatic carbocycles. The van der Waals surface area contributed by atoms with Gasteiger partial charge in [0.25, 0.3) is 10.0 Å². The minimum absolute atomic E-state index is 0.0857. The van der Waals surface area contributed by atoms with Crippen molar-refractivity contribution < 1.29 is 13.2 Å². The fourth-order valence-electron chi connectivity index (χ4n) is 3.88. The van der Waals surface area contributed by atoms with E-state index in [9.17, 15) is 13.2 Å². The van der Waals surface area contributed by atoms with Crippen LogP contribution in [0, 0.1) is 5.92 Å². The van der Waals surface area contributed by atoms with Crippen molar-refractivity contribution >= 4 is 27.3 Å². The maximum Gasteiger partial charge on any atom is 0.252 e. The Balaban J connectivity index is 1.51. The summed E-state index contributed by atoms with van der Waals surface area (Å²) < 4.78 is 27.3. The van der Waals surface area contributed by atoms with Gasteiger partial charge < -0.3 is 5.32 Å². The third kappa shape index (κ3) is 2.79. The van der Waals surface area contributed by atoms with Gasteiger partial charge in [-0.2, -0.15) is 4.31 Å². The van der Waals surface area contributed by atoms with Gasteiger partial charge in [-0.3, -0.25) is 9.69 Å². The molecule has 1 aromatic heterocycles. The number of thiophene rings is 1. The molecular weight excluding hydrogens is 346 g/mol. The van der Waals surface area contributed by atoms with Crippen molar-refractivity contribution in [1.29, 1.82) is 0 Å². The minimum atomic E-state index is -3.42. The van der Waals surface area contributed by atoms with Crippen molar-refractivity contribution in [2.75, 3.05) is 32.7 Å². The highest BCUT2D eigenvalue weighted by atomic mass is 32.2. The lowest BCUT2D eigenvalue weighted by Gasteiger charge is -2.49. The van der Waals surface area contributed by atoms with Crippen LogP contribution in [0.2, 0.25) is 0 Å². The molecule has 3 aliphatic rings. The van der Waals surface area contributed by atoms with Gasteiger partial charge in [-0.05, 0) is 43.0 Å². The van der Waals surface area contributed by atoms with Crippen LogP contribution in [0.4, 0.5) is 0 Å². The molecule has 2 aliphatic heterocycles. The van der Waals surface area contributed by atoms with Crippen molar-refractivity contribution in [1.82, 2.24) is 14.5 Å². The van der Waals surface area contributed by atoms with Crippen LogP contribution in [0.3, 0.4) is 0 Å². The molecule has 2 saturated heterocycles. The molecule has 3 heterocycles. The molecule has 0 unspecified atom stereocenters. The van der Waals surface area contributed by atoms with E-state index in [-0.39, 0.29) is 5.91 Å². The second-order valence-electron chi connectivity index (χ2n) is 7.01. The molecular formula is C16H23N3O3S2. The quantitative estimate of drug-likeness (QED) is 0.863. The third-order valence-corrected chi connectivity index (χ3v) is 8.78. The maximum atomic E-state index is 12.7. The van der Waals surface area contributed by atoms with Crippen molar-refractivity contribution in [3.05, 3.63) is 17.5 Å². The average Bonchev–Trinajstić information content (AvgIpc) is 3.21. The summed E-state index contributed by atoms with van der Waals surface area (Å²) in [6, 6.07) is 3.41. The summed E-state index contributed by atoms with van der Waals surface area (Å²) in [6.07, 6.45) is 3.67. The second-order valence-corrected chi connectivity index (χ2v) is 10.1. The highest BCUT2D eigenvalue weighted by Gasteiger charge is 2.50. The Bertz CT molecular complexity index is 705. The van der Waals surface area contributed by atoms with Crippen LogP contribution in [0.25, 0.3) is 0 Å². The van der Waals surface area contributed by atoms with E-state index in [1.54, 1.807) is 21.8 Å². The second kappa shape index (κ2) is 6.09. The molecule has 0 bridgehead atoms. The highest BCUT2D eigenvalue weighted by Crippen LogP contribution is 2.38. The Hall–Kier alpha value is -0.960. The van der Waals surface area contributed by atoms with Gasteiger partial charge in [-0.25, -0.2) is 8.42 Å². The van der Waals surface area contributed by atoms with E-state index >= 15 is 0 Å². The first-order valence-electron chi connectivity index (χ1n) is 8.59. The predicted molar refractivity (Wildman–Crippen MR) is 92.3 cm³/mol. The van der Waals surface area contributed by atoms with Crippen molar-refractivity contribution in [2.45, 2.75) is 35.4 Å². The van der Waals surface area contributed by atoms with Crippen molar-refractivity contribution in [2.24, 2.45) is 5.92 Å². The Morgan fingerprint density at radius 2 is 2.00 bits per heavy atom. The molecule has 1 N–H and O–H groups in total. The largest absolute Gasteiger partial charge is 0.353 e. The molecule has 1 saturated carbocycles. The monoisotopic (exact) mass is 369 g/mol. The van der Waals surface area contributed by atoms with Gasteiger partial charge in [0.15, 0.2) is 0 Å². The SMILES string of the molecule is O=C1NCCN(CC2CC2)C12CCN(S(=O)(=O)c1cccs1)CC2. The predicted octanol–water partition coefficient (Wildman–Crippen LogP) is 1.11. The van der Waals surface area contributed by atoms with E-state index < -0.39 is 15.6 Å². The maximum absolute atomic E-state index is 12.7. The van der Waals surface area contributed by atoms with E-state index in [1.165, 1.54) is 24.2 Å². The van der Waals surface area contributed by atoms with Crippen LogP contribution in [0.1, 0.15) is 25.7 Å². The number of carbonyl (C=O) groups excluding carboxylic acids is 1. The van der Waals surface area contributed by atoms with Crippen LogP contribution in [0.15, 0.2) is 21.7 Å². The van der Waals surface area contributed by atoms with Crippen LogP contribution in [-0.4, -0.2) is 61.8 Å².